The van der Waals surface area contributed by atoms with E-state index in [1.807, 2.05) is 48.5 Å². The van der Waals surface area contributed by atoms with Gasteiger partial charge >= 0.3 is 0 Å². The van der Waals surface area contributed by atoms with Crippen molar-refractivity contribution in [2.24, 2.45) is 0 Å². The van der Waals surface area contributed by atoms with Gasteiger partial charge in [0.1, 0.15) is 0 Å². The third kappa shape index (κ3) is 1.94. The molecule has 0 aliphatic carbocycles. The zero-order chi connectivity index (χ0) is 13.4. The Morgan fingerprint density at radius 3 is 2.47 bits per heavy atom. The van der Waals surface area contributed by atoms with Gasteiger partial charge in [-0.15, -0.1) is 0 Å². The minimum Gasteiger partial charge on any atom is -0.503 e. The SMILES string of the molecule is O=c1[nH]c2ccccc2c(-c2ccccc2Br)c1O. The third-order valence-electron chi connectivity index (χ3n) is 3.04. The summed E-state index contributed by atoms with van der Waals surface area (Å²) in [7, 11) is 0. The van der Waals surface area contributed by atoms with Crippen molar-refractivity contribution < 1.29 is 5.11 Å². The van der Waals surface area contributed by atoms with Crippen LogP contribution in [0.3, 0.4) is 0 Å². The van der Waals surface area contributed by atoms with E-state index in [0.717, 1.165) is 15.4 Å². The number of rotatable bonds is 1. The summed E-state index contributed by atoms with van der Waals surface area (Å²) in [5.74, 6) is -0.259. The molecule has 0 aliphatic heterocycles. The lowest BCUT2D eigenvalue weighted by Gasteiger charge is -2.10. The van der Waals surface area contributed by atoms with Gasteiger partial charge < -0.3 is 10.1 Å². The predicted octanol–water partition coefficient (Wildman–Crippen LogP) is 3.66. The van der Waals surface area contributed by atoms with Crippen molar-refractivity contribution in [3.05, 3.63) is 63.4 Å². The number of nitrogens with one attached hydrogen (secondary N) is 1. The smallest absolute Gasteiger partial charge is 0.291 e. The average molecular weight is 316 g/mol. The van der Waals surface area contributed by atoms with E-state index in [0.29, 0.717) is 11.1 Å². The first-order valence-electron chi connectivity index (χ1n) is 5.77. The van der Waals surface area contributed by atoms with Crippen LogP contribution in [-0.4, -0.2) is 10.1 Å². The molecular weight excluding hydrogens is 306 g/mol. The minimum absolute atomic E-state index is 0.259. The topological polar surface area (TPSA) is 53.1 Å². The fourth-order valence-corrected chi connectivity index (χ4v) is 2.65. The number of H-pyrrole nitrogens is 1. The number of hydrogen-bond donors (Lipinski definition) is 2. The van der Waals surface area contributed by atoms with E-state index in [1.165, 1.54) is 0 Å². The Hall–Kier alpha value is -2.07. The molecule has 1 heterocycles. The van der Waals surface area contributed by atoms with Crippen molar-refractivity contribution in [2.75, 3.05) is 0 Å². The fourth-order valence-electron chi connectivity index (χ4n) is 2.17. The van der Waals surface area contributed by atoms with Gasteiger partial charge in [0, 0.05) is 26.5 Å². The number of hydrogen-bond acceptors (Lipinski definition) is 2. The van der Waals surface area contributed by atoms with Crippen LogP contribution in [0.4, 0.5) is 0 Å². The average Bonchev–Trinajstić information content (AvgIpc) is 2.42. The fraction of sp³-hybridized carbons (Fsp3) is 0. The van der Waals surface area contributed by atoms with Crippen molar-refractivity contribution >= 4 is 26.8 Å². The van der Waals surface area contributed by atoms with Crippen LogP contribution in [0.5, 0.6) is 5.75 Å². The molecule has 2 N–H and O–H groups in total. The van der Waals surface area contributed by atoms with E-state index < -0.39 is 5.56 Å². The zero-order valence-electron chi connectivity index (χ0n) is 9.85. The number of para-hydroxylation sites is 1. The lowest BCUT2D eigenvalue weighted by atomic mass is 10.0. The number of aromatic nitrogens is 1. The Morgan fingerprint density at radius 2 is 1.68 bits per heavy atom. The van der Waals surface area contributed by atoms with Crippen LogP contribution in [-0.2, 0) is 0 Å². The molecule has 0 spiro atoms. The molecule has 0 unspecified atom stereocenters. The predicted molar refractivity (Wildman–Crippen MR) is 79.4 cm³/mol. The van der Waals surface area contributed by atoms with E-state index in [4.69, 9.17) is 0 Å². The second-order valence-corrected chi connectivity index (χ2v) is 5.06. The zero-order valence-corrected chi connectivity index (χ0v) is 11.4. The number of benzene rings is 2. The van der Waals surface area contributed by atoms with Gasteiger partial charge in [-0.3, -0.25) is 4.79 Å². The van der Waals surface area contributed by atoms with Gasteiger partial charge in [-0.2, -0.15) is 0 Å². The number of fused-ring (bicyclic) bond motifs is 1. The van der Waals surface area contributed by atoms with E-state index >= 15 is 0 Å². The summed E-state index contributed by atoms with van der Waals surface area (Å²) in [5.41, 5.74) is 1.56. The summed E-state index contributed by atoms with van der Waals surface area (Å²) in [4.78, 5) is 14.5. The summed E-state index contributed by atoms with van der Waals surface area (Å²) in [5, 5.41) is 10.9. The number of pyridine rings is 1. The van der Waals surface area contributed by atoms with Gasteiger partial charge in [0.25, 0.3) is 5.56 Å². The third-order valence-corrected chi connectivity index (χ3v) is 3.73. The largest absolute Gasteiger partial charge is 0.503 e. The van der Waals surface area contributed by atoms with E-state index in [2.05, 4.69) is 20.9 Å². The Morgan fingerprint density at radius 1 is 1.00 bits per heavy atom. The first-order valence-corrected chi connectivity index (χ1v) is 6.56. The van der Waals surface area contributed by atoms with Crippen LogP contribution in [0.1, 0.15) is 0 Å². The Bertz CT molecular complexity index is 824. The van der Waals surface area contributed by atoms with E-state index in [1.54, 1.807) is 0 Å². The van der Waals surface area contributed by atoms with Crippen molar-refractivity contribution in [1.29, 1.82) is 0 Å². The molecular formula is C15H10BrNO2. The first kappa shape index (κ1) is 12.0. The van der Waals surface area contributed by atoms with Crippen LogP contribution in [0.2, 0.25) is 0 Å². The van der Waals surface area contributed by atoms with Crippen molar-refractivity contribution in [3.63, 3.8) is 0 Å². The molecule has 3 rings (SSSR count). The maximum Gasteiger partial charge on any atom is 0.291 e. The van der Waals surface area contributed by atoms with Gasteiger partial charge in [0.15, 0.2) is 5.75 Å². The van der Waals surface area contributed by atoms with E-state index in [-0.39, 0.29) is 5.75 Å². The molecule has 2 aromatic carbocycles. The monoisotopic (exact) mass is 315 g/mol. The van der Waals surface area contributed by atoms with Crippen LogP contribution in [0.15, 0.2) is 57.8 Å². The standard InChI is InChI=1S/C15H10BrNO2/c16-11-7-3-1-5-9(11)13-10-6-2-4-8-12(10)17-15(19)14(13)18/h1-8,18H,(H,17,19). The van der Waals surface area contributed by atoms with Gasteiger partial charge in [-0.1, -0.05) is 52.3 Å². The molecule has 94 valence electrons. The summed E-state index contributed by atoms with van der Waals surface area (Å²) >= 11 is 3.45. The number of halogens is 1. The van der Waals surface area contributed by atoms with Gasteiger partial charge in [0.05, 0.1) is 0 Å². The normalized spacial score (nSPS) is 10.8. The maximum atomic E-state index is 11.8. The van der Waals surface area contributed by atoms with Crippen LogP contribution in [0.25, 0.3) is 22.0 Å². The van der Waals surface area contributed by atoms with Gasteiger partial charge in [0.2, 0.25) is 0 Å². The van der Waals surface area contributed by atoms with Gasteiger partial charge in [-0.05, 0) is 12.1 Å². The molecule has 3 nitrogen and oxygen atoms in total. The molecule has 0 atom stereocenters. The van der Waals surface area contributed by atoms with Crippen molar-refractivity contribution in [3.8, 4) is 16.9 Å². The summed E-state index contributed by atoms with van der Waals surface area (Å²) in [6.07, 6.45) is 0. The summed E-state index contributed by atoms with van der Waals surface area (Å²) in [6, 6.07) is 14.9. The molecule has 3 aromatic rings. The minimum atomic E-state index is -0.482. The number of aromatic hydroxyl groups is 1. The molecule has 0 amide bonds. The second-order valence-electron chi connectivity index (χ2n) is 4.20. The highest BCUT2D eigenvalue weighted by atomic mass is 79.9. The van der Waals surface area contributed by atoms with Crippen molar-refractivity contribution in [2.45, 2.75) is 0 Å². The van der Waals surface area contributed by atoms with Crippen molar-refractivity contribution in [1.82, 2.24) is 4.98 Å². The highest BCUT2D eigenvalue weighted by Gasteiger charge is 2.15. The highest BCUT2D eigenvalue weighted by Crippen LogP contribution is 2.36. The molecule has 0 saturated heterocycles. The Labute approximate surface area is 117 Å². The lowest BCUT2D eigenvalue weighted by molar-refractivity contribution is 0.470. The Kier molecular flexibility index (Phi) is 2.87. The molecule has 0 aliphatic rings. The second kappa shape index (κ2) is 4.55. The molecule has 1 aromatic heterocycles. The van der Waals surface area contributed by atoms with Crippen LogP contribution >= 0.6 is 15.9 Å². The maximum absolute atomic E-state index is 11.8. The summed E-state index contributed by atoms with van der Waals surface area (Å²) in [6.45, 7) is 0. The quantitative estimate of drug-likeness (QED) is 0.720. The number of aromatic amines is 1. The molecule has 0 saturated carbocycles. The first-order chi connectivity index (χ1) is 9.18. The van der Waals surface area contributed by atoms with E-state index in [9.17, 15) is 9.90 Å². The molecule has 0 radical (unpaired) electrons. The molecule has 0 bridgehead atoms. The molecule has 0 fully saturated rings. The highest BCUT2D eigenvalue weighted by molar-refractivity contribution is 9.10. The van der Waals surface area contributed by atoms with Gasteiger partial charge in [-0.25, -0.2) is 0 Å². The molecule has 4 heteroatoms. The lowest BCUT2D eigenvalue weighted by Crippen LogP contribution is -2.06. The van der Waals surface area contributed by atoms with Crippen LogP contribution < -0.4 is 5.56 Å². The summed E-state index contributed by atoms with van der Waals surface area (Å²) < 4.78 is 0.834. The van der Waals surface area contributed by atoms with Crippen LogP contribution in [0, 0.1) is 0 Å². The molecule has 19 heavy (non-hydrogen) atoms. The Balaban J connectivity index is 2.50.